The third-order valence-corrected chi connectivity index (χ3v) is 4.60. The summed E-state index contributed by atoms with van der Waals surface area (Å²) in [5.41, 5.74) is 1.87. The number of piperidine rings is 1. The van der Waals surface area contributed by atoms with Crippen molar-refractivity contribution >= 4 is 11.9 Å². The first kappa shape index (κ1) is 16.2. The van der Waals surface area contributed by atoms with Crippen LogP contribution in [-0.4, -0.2) is 35.0 Å². The summed E-state index contributed by atoms with van der Waals surface area (Å²) in [4.78, 5) is 26.2. The molecule has 1 aliphatic rings. The van der Waals surface area contributed by atoms with Crippen LogP contribution in [0.5, 0.6) is 0 Å². The number of carboxylic acids is 1. The Bertz CT molecular complexity index is 660. The second kappa shape index (κ2) is 7.30. The number of carbonyl (C=O) groups excluding carboxylic acids is 1. The van der Waals surface area contributed by atoms with Crippen molar-refractivity contribution in [3.63, 3.8) is 0 Å². The highest BCUT2D eigenvalue weighted by Gasteiger charge is 2.33. The van der Waals surface area contributed by atoms with Crippen molar-refractivity contribution in [3.8, 4) is 0 Å². The van der Waals surface area contributed by atoms with E-state index in [0.717, 1.165) is 17.5 Å². The first-order valence-electron chi connectivity index (χ1n) is 8.28. The lowest BCUT2D eigenvalue weighted by Gasteiger charge is -2.33. The molecule has 0 bridgehead atoms. The van der Waals surface area contributed by atoms with Gasteiger partial charge in [0.15, 0.2) is 0 Å². The van der Waals surface area contributed by atoms with Crippen molar-refractivity contribution < 1.29 is 14.7 Å². The number of amides is 1. The summed E-state index contributed by atoms with van der Waals surface area (Å²) in [6.07, 6.45) is 1.37. The number of rotatable bonds is 4. The molecule has 1 unspecified atom stereocenters. The lowest BCUT2D eigenvalue weighted by molar-refractivity contribution is -0.145. The first-order chi connectivity index (χ1) is 11.7. The molecule has 1 fully saturated rings. The van der Waals surface area contributed by atoms with E-state index in [0.29, 0.717) is 19.5 Å². The fraction of sp³-hybridized carbons (Fsp3) is 0.300. The van der Waals surface area contributed by atoms with E-state index in [1.807, 2.05) is 60.7 Å². The maximum atomic E-state index is 13.2. The molecule has 1 heterocycles. The number of likely N-dealkylation sites (tertiary alicyclic amines) is 1. The second-order valence-electron chi connectivity index (χ2n) is 6.22. The molecule has 1 N–H and O–H groups in total. The van der Waals surface area contributed by atoms with E-state index in [-0.39, 0.29) is 11.8 Å². The van der Waals surface area contributed by atoms with Crippen LogP contribution >= 0.6 is 0 Å². The zero-order valence-corrected chi connectivity index (χ0v) is 13.5. The van der Waals surface area contributed by atoms with Gasteiger partial charge in [-0.1, -0.05) is 60.7 Å². The predicted molar refractivity (Wildman–Crippen MR) is 91.7 cm³/mol. The zero-order chi connectivity index (χ0) is 16.9. The van der Waals surface area contributed by atoms with Gasteiger partial charge in [-0.05, 0) is 24.0 Å². The van der Waals surface area contributed by atoms with E-state index in [2.05, 4.69) is 0 Å². The number of nitrogens with zero attached hydrogens (tertiary/aromatic N) is 1. The van der Waals surface area contributed by atoms with Crippen molar-refractivity contribution in [1.82, 2.24) is 4.90 Å². The Hall–Kier alpha value is -2.62. The minimum atomic E-state index is -0.816. The van der Waals surface area contributed by atoms with Crippen LogP contribution in [0.2, 0.25) is 0 Å². The summed E-state index contributed by atoms with van der Waals surface area (Å²) in [5.74, 6) is -1.68. The minimum absolute atomic E-state index is 0.0154. The lowest BCUT2D eigenvalue weighted by atomic mass is 9.88. The monoisotopic (exact) mass is 323 g/mol. The molecule has 2 aromatic rings. The Morgan fingerprint density at radius 2 is 1.50 bits per heavy atom. The molecule has 1 amide bonds. The van der Waals surface area contributed by atoms with E-state index in [1.54, 1.807) is 4.90 Å². The fourth-order valence-electron chi connectivity index (χ4n) is 3.33. The van der Waals surface area contributed by atoms with E-state index < -0.39 is 11.9 Å². The molecule has 0 saturated carbocycles. The number of aliphatic carboxylic acids is 1. The Morgan fingerprint density at radius 3 is 2.00 bits per heavy atom. The van der Waals surface area contributed by atoms with E-state index in [4.69, 9.17) is 0 Å². The van der Waals surface area contributed by atoms with Crippen LogP contribution in [0.25, 0.3) is 0 Å². The minimum Gasteiger partial charge on any atom is -0.481 e. The normalized spacial score (nSPS) is 17.7. The predicted octanol–water partition coefficient (Wildman–Crippen LogP) is 3.14. The Balaban J connectivity index is 1.91. The maximum absolute atomic E-state index is 13.2. The number of hydrogen-bond donors (Lipinski definition) is 1. The SMILES string of the molecule is O=C(O)C1CCCN(C(=O)C(c2ccccc2)c2ccccc2)C1. The molecule has 1 atom stereocenters. The molecule has 3 rings (SSSR count). The maximum Gasteiger partial charge on any atom is 0.308 e. The van der Waals surface area contributed by atoms with Crippen LogP contribution in [0.4, 0.5) is 0 Å². The van der Waals surface area contributed by atoms with Crippen molar-refractivity contribution in [2.45, 2.75) is 18.8 Å². The number of carboxylic acid groups (broad SMARTS) is 1. The van der Waals surface area contributed by atoms with Gasteiger partial charge in [0, 0.05) is 13.1 Å². The molecule has 1 aliphatic heterocycles. The quantitative estimate of drug-likeness (QED) is 0.940. The molecular formula is C20H21NO3. The molecule has 4 nitrogen and oxygen atoms in total. The summed E-state index contributed by atoms with van der Waals surface area (Å²) >= 11 is 0. The van der Waals surface area contributed by atoms with Crippen LogP contribution in [0.1, 0.15) is 29.9 Å². The van der Waals surface area contributed by atoms with Gasteiger partial charge < -0.3 is 10.0 Å². The second-order valence-corrected chi connectivity index (χ2v) is 6.22. The highest BCUT2D eigenvalue weighted by Crippen LogP contribution is 2.29. The van der Waals surface area contributed by atoms with E-state index >= 15 is 0 Å². The van der Waals surface area contributed by atoms with Crippen molar-refractivity contribution in [1.29, 1.82) is 0 Å². The molecule has 0 spiro atoms. The van der Waals surface area contributed by atoms with Gasteiger partial charge in [0.2, 0.25) is 5.91 Å². The van der Waals surface area contributed by atoms with Crippen LogP contribution in [-0.2, 0) is 9.59 Å². The van der Waals surface area contributed by atoms with Gasteiger partial charge in [-0.3, -0.25) is 9.59 Å². The molecule has 24 heavy (non-hydrogen) atoms. The van der Waals surface area contributed by atoms with Crippen molar-refractivity contribution in [3.05, 3.63) is 71.8 Å². The van der Waals surface area contributed by atoms with Crippen LogP contribution in [0, 0.1) is 5.92 Å². The number of carbonyl (C=O) groups is 2. The van der Waals surface area contributed by atoms with Crippen LogP contribution in [0.3, 0.4) is 0 Å². The highest BCUT2D eigenvalue weighted by molar-refractivity contribution is 5.87. The molecule has 0 aromatic heterocycles. The molecule has 2 aromatic carbocycles. The van der Waals surface area contributed by atoms with Crippen LogP contribution < -0.4 is 0 Å². The topological polar surface area (TPSA) is 57.6 Å². The average molecular weight is 323 g/mol. The summed E-state index contributed by atoms with van der Waals surface area (Å²) < 4.78 is 0. The van der Waals surface area contributed by atoms with Crippen molar-refractivity contribution in [2.24, 2.45) is 5.92 Å². The van der Waals surface area contributed by atoms with Gasteiger partial charge in [-0.2, -0.15) is 0 Å². The lowest BCUT2D eigenvalue weighted by Crippen LogP contribution is -2.44. The largest absolute Gasteiger partial charge is 0.481 e. The smallest absolute Gasteiger partial charge is 0.308 e. The summed E-state index contributed by atoms with van der Waals surface area (Å²) in [7, 11) is 0. The Kier molecular flexibility index (Phi) is 4.94. The first-order valence-corrected chi connectivity index (χ1v) is 8.28. The fourth-order valence-corrected chi connectivity index (χ4v) is 3.33. The van der Waals surface area contributed by atoms with Crippen LogP contribution in [0.15, 0.2) is 60.7 Å². The van der Waals surface area contributed by atoms with E-state index in [1.165, 1.54) is 0 Å². The third kappa shape index (κ3) is 3.48. The highest BCUT2D eigenvalue weighted by atomic mass is 16.4. The van der Waals surface area contributed by atoms with E-state index in [9.17, 15) is 14.7 Å². The van der Waals surface area contributed by atoms with Gasteiger partial charge in [-0.15, -0.1) is 0 Å². The molecule has 0 aliphatic carbocycles. The number of benzene rings is 2. The molecule has 124 valence electrons. The average Bonchev–Trinajstić information content (AvgIpc) is 2.64. The van der Waals surface area contributed by atoms with Gasteiger partial charge in [0.05, 0.1) is 11.8 Å². The third-order valence-electron chi connectivity index (χ3n) is 4.60. The zero-order valence-electron chi connectivity index (χ0n) is 13.5. The van der Waals surface area contributed by atoms with Gasteiger partial charge in [-0.25, -0.2) is 0 Å². The number of hydrogen-bond acceptors (Lipinski definition) is 2. The van der Waals surface area contributed by atoms with Gasteiger partial charge in [0.25, 0.3) is 0 Å². The molecule has 1 saturated heterocycles. The molecule has 0 radical (unpaired) electrons. The summed E-state index contributed by atoms with van der Waals surface area (Å²) in [6, 6.07) is 19.4. The Labute approximate surface area is 141 Å². The standard InChI is InChI=1S/C20H21NO3/c22-19(21-13-7-12-17(14-21)20(23)24)18(15-8-3-1-4-9-15)16-10-5-2-6-11-16/h1-6,8-11,17-18H,7,12-14H2,(H,23,24). The van der Waals surface area contributed by atoms with Gasteiger partial charge >= 0.3 is 5.97 Å². The molecule has 4 heteroatoms. The Morgan fingerprint density at radius 1 is 0.958 bits per heavy atom. The summed E-state index contributed by atoms with van der Waals surface area (Å²) in [5, 5.41) is 9.27. The molecular weight excluding hydrogens is 302 g/mol. The summed E-state index contributed by atoms with van der Waals surface area (Å²) in [6.45, 7) is 0.920. The van der Waals surface area contributed by atoms with Gasteiger partial charge in [0.1, 0.15) is 0 Å². The van der Waals surface area contributed by atoms with Crippen molar-refractivity contribution in [2.75, 3.05) is 13.1 Å².